The fourth-order valence-electron chi connectivity index (χ4n) is 3.43. The van der Waals surface area contributed by atoms with Crippen LogP contribution in [0, 0.1) is 6.92 Å². The van der Waals surface area contributed by atoms with Crippen LogP contribution in [0.15, 0.2) is 79.4 Å². The van der Waals surface area contributed by atoms with E-state index in [0.717, 1.165) is 44.7 Å². The maximum absolute atomic E-state index is 5.36. The van der Waals surface area contributed by atoms with Crippen molar-refractivity contribution >= 4 is 22.4 Å². The third-order valence-electron chi connectivity index (χ3n) is 4.90. The predicted octanol–water partition coefficient (Wildman–Crippen LogP) is 5.83. The number of nitrogens with one attached hydrogen (secondary N) is 1. The molecule has 0 radical (unpaired) electrons. The highest BCUT2D eigenvalue weighted by Gasteiger charge is 2.13. The molecule has 0 spiro atoms. The number of methoxy groups -OCH3 is 1. The lowest BCUT2D eigenvalue weighted by Gasteiger charge is -2.15. The van der Waals surface area contributed by atoms with Crippen molar-refractivity contribution in [2.24, 2.45) is 0 Å². The summed E-state index contributed by atoms with van der Waals surface area (Å²) in [7, 11) is 1.69. The SMILES string of the molecule is C=C(Nc1nc(-c2ccccc2COC)nc2ccccc12)c1ccccc1C. The molecule has 4 heteroatoms. The quantitative estimate of drug-likeness (QED) is 0.456. The molecular weight excluding hydrogens is 358 g/mol. The number of nitrogens with zero attached hydrogens (tertiary/aromatic N) is 2. The molecule has 0 aliphatic carbocycles. The summed E-state index contributed by atoms with van der Waals surface area (Å²) in [5, 5.41) is 4.38. The standard InChI is InChI=1S/C25H23N3O/c1-17-10-4-6-12-20(17)18(2)26-25-22-14-8-9-15-23(22)27-24(28-25)21-13-7-5-11-19(21)16-29-3/h4-15H,2,16H2,1,3H3,(H,26,27,28). The lowest BCUT2D eigenvalue weighted by Crippen LogP contribution is -2.05. The van der Waals surface area contributed by atoms with Crippen molar-refractivity contribution in [2.45, 2.75) is 13.5 Å². The van der Waals surface area contributed by atoms with Crippen molar-refractivity contribution in [3.05, 3.63) is 96.1 Å². The molecule has 0 saturated heterocycles. The Labute approximate surface area is 170 Å². The molecule has 4 nitrogen and oxygen atoms in total. The van der Waals surface area contributed by atoms with Gasteiger partial charge in [0.1, 0.15) is 5.82 Å². The molecule has 0 bridgehead atoms. The number of aromatic nitrogens is 2. The molecule has 0 aliphatic heterocycles. The van der Waals surface area contributed by atoms with Crippen LogP contribution in [0.3, 0.4) is 0 Å². The monoisotopic (exact) mass is 381 g/mol. The topological polar surface area (TPSA) is 47.0 Å². The Hall–Kier alpha value is -3.50. The summed E-state index contributed by atoms with van der Waals surface area (Å²) in [6, 6.07) is 24.2. The van der Waals surface area contributed by atoms with Crippen LogP contribution in [-0.4, -0.2) is 17.1 Å². The molecule has 1 N–H and O–H groups in total. The summed E-state index contributed by atoms with van der Waals surface area (Å²) in [5.41, 5.74) is 5.93. The second-order valence-corrected chi connectivity index (χ2v) is 6.92. The van der Waals surface area contributed by atoms with Crippen LogP contribution in [0.5, 0.6) is 0 Å². The van der Waals surface area contributed by atoms with Gasteiger partial charge in [0.15, 0.2) is 5.82 Å². The van der Waals surface area contributed by atoms with Gasteiger partial charge in [0.2, 0.25) is 0 Å². The van der Waals surface area contributed by atoms with Crippen LogP contribution < -0.4 is 5.32 Å². The molecule has 1 aromatic heterocycles. The van der Waals surface area contributed by atoms with Gasteiger partial charge < -0.3 is 10.1 Å². The number of hydrogen-bond donors (Lipinski definition) is 1. The normalized spacial score (nSPS) is 10.8. The Morgan fingerprint density at radius 3 is 2.48 bits per heavy atom. The number of anilines is 1. The summed E-state index contributed by atoms with van der Waals surface area (Å²) >= 11 is 0. The van der Waals surface area contributed by atoms with Gasteiger partial charge in [-0.1, -0.05) is 67.2 Å². The van der Waals surface area contributed by atoms with Gasteiger partial charge in [0.25, 0.3) is 0 Å². The molecule has 1 heterocycles. The predicted molar refractivity (Wildman–Crippen MR) is 120 cm³/mol. The number of para-hydroxylation sites is 1. The third kappa shape index (κ3) is 3.89. The van der Waals surface area contributed by atoms with Gasteiger partial charge in [0.05, 0.1) is 12.1 Å². The lowest BCUT2D eigenvalue weighted by molar-refractivity contribution is 0.185. The zero-order valence-electron chi connectivity index (χ0n) is 16.6. The fourth-order valence-corrected chi connectivity index (χ4v) is 3.43. The van der Waals surface area contributed by atoms with E-state index in [-0.39, 0.29) is 0 Å². The maximum Gasteiger partial charge on any atom is 0.162 e. The third-order valence-corrected chi connectivity index (χ3v) is 4.90. The van der Waals surface area contributed by atoms with Gasteiger partial charge >= 0.3 is 0 Å². The summed E-state index contributed by atoms with van der Waals surface area (Å²) < 4.78 is 5.36. The van der Waals surface area contributed by atoms with E-state index in [1.165, 1.54) is 0 Å². The molecule has 0 atom stereocenters. The summed E-state index contributed by atoms with van der Waals surface area (Å²) in [6.45, 7) is 6.83. The Bertz CT molecular complexity index is 1180. The first-order valence-corrected chi connectivity index (χ1v) is 9.53. The van der Waals surface area contributed by atoms with Crippen molar-refractivity contribution in [2.75, 3.05) is 12.4 Å². The summed E-state index contributed by atoms with van der Waals surface area (Å²) in [5.74, 6) is 1.41. The van der Waals surface area contributed by atoms with Crippen LogP contribution in [-0.2, 0) is 11.3 Å². The Morgan fingerprint density at radius 1 is 0.931 bits per heavy atom. The Balaban J connectivity index is 1.82. The average molecular weight is 381 g/mol. The van der Waals surface area contributed by atoms with Crippen LogP contribution in [0.1, 0.15) is 16.7 Å². The smallest absolute Gasteiger partial charge is 0.162 e. The molecule has 0 aliphatic rings. The van der Waals surface area contributed by atoms with Gasteiger partial charge in [-0.15, -0.1) is 0 Å². The Morgan fingerprint density at radius 2 is 1.66 bits per heavy atom. The van der Waals surface area contributed by atoms with Crippen LogP contribution >= 0.6 is 0 Å². The first-order valence-electron chi connectivity index (χ1n) is 9.53. The van der Waals surface area contributed by atoms with E-state index in [9.17, 15) is 0 Å². The van der Waals surface area contributed by atoms with E-state index >= 15 is 0 Å². The van der Waals surface area contributed by atoms with E-state index in [1.807, 2.05) is 60.7 Å². The highest BCUT2D eigenvalue weighted by atomic mass is 16.5. The van der Waals surface area contributed by atoms with Gasteiger partial charge in [0, 0.05) is 29.3 Å². The minimum Gasteiger partial charge on any atom is -0.380 e. The van der Waals surface area contributed by atoms with E-state index < -0.39 is 0 Å². The number of benzene rings is 3. The number of fused-ring (bicyclic) bond motifs is 1. The second-order valence-electron chi connectivity index (χ2n) is 6.92. The molecule has 4 rings (SSSR count). The average Bonchev–Trinajstić information content (AvgIpc) is 2.74. The van der Waals surface area contributed by atoms with Crippen LogP contribution in [0.2, 0.25) is 0 Å². The molecular formula is C25H23N3O. The highest BCUT2D eigenvalue weighted by molar-refractivity contribution is 5.94. The molecule has 0 unspecified atom stereocenters. The van der Waals surface area contributed by atoms with Crippen molar-refractivity contribution in [3.8, 4) is 11.4 Å². The van der Waals surface area contributed by atoms with Crippen molar-refractivity contribution in [1.29, 1.82) is 0 Å². The largest absolute Gasteiger partial charge is 0.380 e. The van der Waals surface area contributed by atoms with Gasteiger partial charge in [-0.05, 0) is 30.2 Å². The lowest BCUT2D eigenvalue weighted by atomic mass is 10.1. The van der Waals surface area contributed by atoms with E-state index in [2.05, 4.69) is 31.0 Å². The minimum absolute atomic E-state index is 0.505. The second kappa shape index (κ2) is 8.25. The van der Waals surface area contributed by atoms with Crippen molar-refractivity contribution < 1.29 is 4.74 Å². The number of aryl methyl sites for hydroxylation is 1. The van der Waals surface area contributed by atoms with Crippen molar-refractivity contribution in [3.63, 3.8) is 0 Å². The number of rotatable bonds is 6. The zero-order valence-corrected chi connectivity index (χ0v) is 16.6. The number of hydrogen-bond acceptors (Lipinski definition) is 4. The maximum atomic E-state index is 5.36. The van der Waals surface area contributed by atoms with E-state index in [1.54, 1.807) is 7.11 Å². The van der Waals surface area contributed by atoms with Gasteiger partial charge in [-0.25, -0.2) is 9.97 Å². The fraction of sp³-hybridized carbons (Fsp3) is 0.120. The number of ether oxygens (including phenoxy) is 1. The highest BCUT2D eigenvalue weighted by Crippen LogP contribution is 2.29. The molecule has 144 valence electrons. The molecule has 0 fully saturated rings. The van der Waals surface area contributed by atoms with Crippen LogP contribution in [0.4, 0.5) is 5.82 Å². The summed E-state index contributed by atoms with van der Waals surface area (Å²) in [4.78, 5) is 9.68. The van der Waals surface area contributed by atoms with Gasteiger partial charge in [-0.2, -0.15) is 0 Å². The molecule has 29 heavy (non-hydrogen) atoms. The zero-order chi connectivity index (χ0) is 20.2. The molecule has 0 amide bonds. The van der Waals surface area contributed by atoms with Crippen molar-refractivity contribution in [1.82, 2.24) is 9.97 Å². The molecule has 3 aromatic carbocycles. The minimum atomic E-state index is 0.505. The molecule has 4 aromatic rings. The molecule has 0 saturated carbocycles. The Kier molecular flexibility index (Phi) is 5.36. The summed E-state index contributed by atoms with van der Waals surface area (Å²) in [6.07, 6.45) is 0. The first kappa shape index (κ1) is 18.8. The van der Waals surface area contributed by atoms with E-state index in [4.69, 9.17) is 14.7 Å². The van der Waals surface area contributed by atoms with Crippen LogP contribution in [0.25, 0.3) is 28.0 Å². The van der Waals surface area contributed by atoms with E-state index in [0.29, 0.717) is 12.4 Å². The first-order chi connectivity index (χ1) is 14.2. The van der Waals surface area contributed by atoms with Gasteiger partial charge in [-0.3, -0.25) is 0 Å².